The average molecular weight is 288 g/mol. The summed E-state index contributed by atoms with van der Waals surface area (Å²) < 4.78 is 0. The predicted molar refractivity (Wildman–Crippen MR) is 90.7 cm³/mol. The Hall–Kier alpha value is -2.81. The molecule has 3 aromatic rings. The van der Waals surface area contributed by atoms with Gasteiger partial charge in [0.2, 0.25) is 0 Å². The van der Waals surface area contributed by atoms with Crippen molar-refractivity contribution in [2.45, 2.75) is 13.8 Å². The lowest BCUT2D eigenvalue weighted by molar-refractivity contribution is -0.110. The molecule has 1 aliphatic heterocycles. The van der Waals surface area contributed by atoms with Crippen LogP contribution in [-0.4, -0.2) is 10.9 Å². The van der Waals surface area contributed by atoms with Crippen molar-refractivity contribution < 1.29 is 4.79 Å². The van der Waals surface area contributed by atoms with E-state index in [2.05, 4.69) is 29.4 Å². The van der Waals surface area contributed by atoms with Crippen LogP contribution in [0.5, 0.6) is 0 Å². The maximum Gasteiger partial charge on any atom is 0.256 e. The van der Waals surface area contributed by atoms with Crippen LogP contribution >= 0.6 is 0 Å². The number of aromatic nitrogens is 1. The van der Waals surface area contributed by atoms with Gasteiger partial charge in [-0.05, 0) is 43.2 Å². The summed E-state index contributed by atoms with van der Waals surface area (Å²) in [6, 6.07) is 14.1. The fraction of sp³-hybridized carbons (Fsp3) is 0.105. The van der Waals surface area contributed by atoms with E-state index >= 15 is 0 Å². The summed E-state index contributed by atoms with van der Waals surface area (Å²) in [5.41, 5.74) is 6.98. The van der Waals surface area contributed by atoms with Crippen LogP contribution in [0.25, 0.3) is 22.6 Å². The fourth-order valence-corrected chi connectivity index (χ4v) is 3.16. The molecule has 0 atom stereocenters. The lowest BCUT2D eigenvalue weighted by Gasteiger charge is -2.02. The Labute approximate surface area is 128 Å². The van der Waals surface area contributed by atoms with Gasteiger partial charge in [-0.15, -0.1) is 0 Å². The summed E-state index contributed by atoms with van der Waals surface area (Å²) in [5, 5.41) is 4.13. The molecule has 0 unspecified atom stereocenters. The van der Waals surface area contributed by atoms with E-state index in [9.17, 15) is 4.79 Å². The van der Waals surface area contributed by atoms with Crippen LogP contribution in [-0.2, 0) is 4.79 Å². The number of rotatable bonds is 1. The first kappa shape index (κ1) is 12.9. The first-order valence-corrected chi connectivity index (χ1v) is 7.35. The van der Waals surface area contributed by atoms with Crippen molar-refractivity contribution >= 4 is 34.1 Å². The van der Waals surface area contributed by atoms with Gasteiger partial charge in [0.05, 0.1) is 5.57 Å². The van der Waals surface area contributed by atoms with E-state index in [0.717, 1.165) is 39.2 Å². The lowest BCUT2D eigenvalue weighted by atomic mass is 10.00. The number of fused-ring (bicyclic) bond motifs is 2. The number of benzene rings is 2. The SMILES string of the molecule is Cc1cccc2c1C(=Cc1[nH]c3ccccc3c1C)C(=O)N2. The molecule has 0 fully saturated rings. The zero-order valence-corrected chi connectivity index (χ0v) is 12.5. The van der Waals surface area contributed by atoms with E-state index in [4.69, 9.17) is 0 Å². The van der Waals surface area contributed by atoms with Crippen molar-refractivity contribution in [2.75, 3.05) is 5.32 Å². The standard InChI is InChI=1S/C19H16N2O/c1-11-6-5-9-16-18(11)14(19(22)21-16)10-17-12(2)13-7-3-4-8-15(13)20-17/h3-10,20H,1-2H3,(H,21,22). The van der Waals surface area contributed by atoms with Gasteiger partial charge in [0, 0.05) is 27.8 Å². The maximum atomic E-state index is 12.3. The van der Waals surface area contributed by atoms with E-state index in [1.807, 2.05) is 43.3 Å². The van der Waals surface area contributed by atoms with E-state index < -0.39 is 0 Å². The van der Waals surface area contributed by atoms with Crippen LogP contribution in [0.15, 0.2) is 42.5 Å². The molecule has 2 N–H and O–H groups in total. The third-order valence-corrected chi connectivity index (χ3v) is 4.33. The Balaban J connectivity index is 1.93. The molecule has 22 heavy (non-hydrogen) atoms. The number of nitrogens with one attached hydrogen (secondary N) is 2. The molecule has 3 heteroatoms. The number of aromatic amines is 1. The number of H-pyrrole nitrogens is 1. The molecule has 1 amide bonds. The van der Waals surface area contributed by atoms with Crippen molar-refractivity contribution in [1.29, 1.82) is 0 Å². The number of hydrogen-bond acceptors (Lipinski definition) is 1. The molecule has 0 bridgehead atoms. The molecule has 108 valence electrons. The molecule has 0 radical (unpaired) electrons. The van der Waals surface area contributed by atoms with E-state index in [0.29, 0.717) is 0 Å². The van der Waals surface area contributed by atoms with Crippen molar-refractivity contribution in [1.82, 2.24) is 4.98 Å². The van der Waals surface area contributed by atoms with Gasteiger partial charge < -0.3 is 10.3 Å². The maximum absolute atomic E-state index is 12.3. The Kier molecular flexibility index (Phi) is 2.70. The van der Waals surface area contributed by atoms with Gasteiger partial charge in [-0.2, -0.15) is 0 Å². The molecule has 0 saturated heterocycles. The van der Waals surface area contributed by atoms with Gasteiger partial charge in [-0.3, -0.25) is 4.79 Å². The predicted octanol–water partition coefficient (Wildman–Crippen LogP) is 4.28. The number of hydrogen-bond donors (Lipinski definition) is 2. The Morgan fingerprint density at radius 3 is 2.64 bits per heavy atom. The third-order valence-electron chi connectivity index (χ3n) is 4.33. The fourth-order valence-electron chi connectivity index (χ4n) is 3.16. The van der Waals surface area contributed by atoms with Gasteiger partial charge in [-0.1, -0.05) is 30.3 Å². The summed E-state index contributed by atoms with van der Waals surface area (Å²) in [6.07, 6.45) is 1.96. The monoisotopic (exact) mass is 288 g/mol. The molecule has 1 aromatic heterocycles. The summed E-state index contributed by atoms with van der Waals surface area (Å²) in [6.45, 7) is 4.11. The van der Waals surface area contributed by atoms with Crippen molar-refractivity contribution in [3.05, 3.63) is 64.8 Å². The number of carbonyl (C=O) groups is 1. The summed E-state index contributed by atoms with van der Waals surface area (Å²) in [4.78, 5) is 15.7. The van der Waals surface area contributed by atoms with Gasteiger partial charge in [0.25, 0.3) is 5.91 Å². The normalized spacial score (nSPS) is 15.4. The van der Waals surface area contributed by atoms with E-state index in [1.165, 1.54) is 5.39 Å². The molecule has 4 rings (SSSR count). The highest BCUT2D eigenvalue weighted by molar-refractivity contribution is 6.35. The van der Waals surface area contributed by atoms with E-state index in [1.54, 1.807) is 0 Å². The minimum absolute atomic E-state index is 0.0395. The highest BCUT2D eigenvalue weighted by Crippen LogP contribution is 2.36. The first-order valence-electron chi connectivity index (χ1n) is 7.35. The lowest BCUT2D eigenvalue weighted by Crippen LogP contribution is -2.03. The number of amides is 1. The smallest absolute Gasteiger partial charge is 0.256 e. The molecular weight excluding hydrogens is 272 g/mol. The Morgan fingerprint density at radius 2 is 1.82 bits per heavy atom. The summed E-state index contributed by atoms with van der Waals surface area (Å²) >= 11 is 0. The first-order chi connectivity index (χ1) is 10.6. The second kappa shape index (κ2) is 4.60. The molecule has 0 saturated carbocycles. The average Bonchev–Trinajstić information content (AvgIpc) is 2.99. The van der Waals surface area contributed by atoms with Crippen LogP contribution in [0.1, 0.15) is 22.4 Å². The van der Waals surface area contributed by atoms with E-state index in [-0.39, 0.29) is 5.91 Å². The molecule has 0 spiro atoms. The van der Waals surface area contributed by atoms with Gasteiger partial charge in [0.15, 0.2) is 0 Å². The van der Waals surface area contributed by atoms with Gasteiger partial charge in [-0.25, -0.2) is 0 Å². The minimum atomic E-state index is -0.0395. The van der Waals surface area contributed by atoms with Crippen LogP contribution in [0, 0.1) is 13.8 Å². The molecule has 2 aromatic carbocycles. The van der Waals surface area contributed by atoms with Crippen molar-refractivity contribution in [3.63, 3.8) is 0 Å². The minimum Gasteiger partial charge on any atom is -0.355 e. The van der Waals surface area contributed by atoms with Crippen LogP contribution in [0.2, 0.25) is 0 Å². The largest absolute Gasteiger partial charge is 0.355 e. The molecule has 1 aliphatic rings. The van der Waals surface area contributed by atoms with Gasteiger partial charge >= 0.3 is 0 Å². The van der Waals surface area contributed by atoms with Crippen LogP contribution in [0.4, 0.5) is 5.69 Å². The number of anilines is 1. The zero-order chi connectivity index (χ0) is 15.3. The molecule has 2 heterocycles. The molecule has 3 nitrogen and oxygen atoms in total. The van der Waals surface area contributed by atoms with Crippen molar-refractivity contribution in [2.24, 2.45) is 0 Å². The zero-order valence-electron chi connectivity index (χ0n) is 12.5. The second-order valence-electron chi connectivity index (χ2n) is 5.72. The highest BCUT2D eigenvalue weighted by Gasteiger charge is 2.25. The number of carbonyl (C=O) groups excluding carboxylic acids is 1. The quantitative estimate of drug-likeness (QED) is 0.645. The summed E-state index contributed by atoms with van der Waals surface area (Å²) in [5.74, 6) is -0.0395. The van der Waals surface area contributed by atoms with Crippen molar-refractivity contribution in [3.8, 4) is 0 Å². The Bertz CT molecular complexity index is 947. The number of para-hydroxylation sites is 1. The molecular formula is C19H16N2O. The second-order valence-corrected chi connectivity index (χ2v) is 5.72. The number of aryl methyl sites for hydroxylation is 2. The summed E-state index contributed by atoms with van der Waals surface area (Å²) in [7, 11) is 0. The van der Waals surface area contributed by atoms with Crippen LogP contribution in [0.3, 0.4) is 0 Å². The van der Waals surface area contributed by atoms with Gasteiger partial charge in [0.1, 0.15) is 0 Å². The van der Waals surface area contributed by atoms with Crippen LogP contribution < -0.4 is 5.32 Å². The topological polar surface area (TPSA) is 44.9 Å². The molecule has 0 aliphatic carbocycles. The third kappa shape index (κ3) is 1.79. The Morgan fingerprint density at radius 1 is 1.00 bits per heavy atom. The highest BCUT2D eigenvalue weighted by atomic mass is 16.2.